The Morgan fingerprint density at radius 2 is 1.97 bits per heavy atom. The van der Waals surface area contributed by atoms with Gasteiger partial charge in [-0.3, -0.25) is 4.79 Å². The van der Waals surface area contributed by atoms with Gasteiger partial charge in [0.1, 0.15) is 12.4 Å². The van der Waals surface area contributed by atoms with E-state index in [1.54, 1.807) is 44.2 Å². The third-order valence-corrected chi connectivity index (χ3v) is 4.96. The van der Waals surface area contributed by atoms with Crippen LogP contribution in [0.5, 0.6) is 11.5 Å². The second kappa shape index (κ2) is 9.99. The summed E-state index contributed by atoms with van der Waals surface area (Å²) >= 11 is 0. The molecule has 180 valence electrons. The van der Waals surface area contributed by atoms with Crippen molar-refractivity contribution in [2.45, 2.75) is 20.5 Å². The number of nitrogens with one attached hydrogen (secondary N) is 1. The Kier molecular flexibility index (Phi) is 6.66. The van der Waals surface area contributed by atoms with Gasteiger partial charge in [0.25, 0.3) is 5.91 Å². The van der Waals surface area contributed by atoms with Gasteiger partial charge in [0.15, 0.2) is 17.2 Å². The van der Waals surface area contributed by atoms with Crippen LogP contribution in [0.3, 0.4) is 0 Å². The van der Waals surface area contributed by atoms with Crippen molar-refractivity contribution in [1.82, 2.24) is 30.7 Å². The highest BCUT2D eigenvalue weighted by Crippen LogP contribution is 2.29. The van der Waals surface area contributed by atoms with E-state index in [0.29, 0.717) is 28.5 Å². The molecule has 4 aromatic rings. The summed E-state index contributed by atoms with van der Waals surface area (Å²) in [6, 6.07) is 11.3. The van der Waals surface area contributed by atoms with Gasteiger partial charge in [0, 0.05) is 5.56 Å². The molecular weight excluding hydrogens is 459 g/mol. The number of nitrogen functional groups attached to an aromatic ring is 1. The first-order valence-electron chi connectivity index (χ1n) is 10.3. The Morgan fingerprint density at radius 1 is 1.20 bits per heavy atom. The zero-order valence-corrected chi connectivity index (χ0v) is 19.0. The monoisotopic (exact) mass is 480 g/mol. The van der Waals surface area contributed by atoms with Crippen molar-refractivity contribution < 1.29 is 23.3 Å². The highest BCUT2D eigenvalue weighted by Gasteiger charge is 2.23. The van der Waals surface area contributed by atoms with E-state index in [9.17, 15) is 9.18 Å². The number of hydrogen-bond donors (Lipinski definition) is 2. The van der Waals surface area contributed by atoms with E-state index in [-0.39, 0.29) is 29.8 Å². The van der Waals surface area contributed by atoms with Crippen molar-refractivity contribution in [2.24, 2.45) is 5.10 Å². The summed E-state index contributed by atoms with van der Waals surface area (Å²) in [6.07, 6.45) is 0. The fraction of sp³-hybridized carbons (Fsp3) is 0.182. The van der Waals surface area contributed by atoms with E-state index in [2.05, 4.69) is 35.8 Å². The number of amides is 1. The van der Waals surface area contributed by atoms with Crippen LogP contribution < -0.4 is 20.6 Å². The average molecular weight is 480 g/mol. The Bertz CT molecular complexity index is 1380. The molecule has 0 unspecified atom stereocenters. The molecule has 13 heteroatoms. The lowest BCUT2D eigenvalue weighted by atomic mass is 10.1. The molecule has 35 heavy (non-hydrogen) atoms. The van der Waals surface area contributed by atoms with Gasteiger partial charge in [-0.2, -0.15) is 9.78 Å². The number of benzene rings is 2. The topological polar surface area (TPSA) is 156 Å². The lowest BCUT2D eigenvalue weighted by Crippen LogP contribution is -2.24. The SMILES string of the molecule is COc1cc(C(C)=NNC(=O)c2c(C)nnn2-c2nonc2N)ccc1OCc1ccc(F)cc1. The van der Waals surface area contributed by atoms with Crippen molar-refractivity contribution in [3.8, 4) is 17.3 Å². The van der Waals surface area contributed by atoms with E-state index < -0.39 is 5.91 Å². The highest BCUT2D eigenvalue weighted by atomic mass is 19.1. The van der Waals surface area contributed by atoms with Crippen LogP contribution in [0.15, 0.2) is 52.2 Å². The first-order chi connectivity index (χ1) is 16.9. The highest BCUT2D eigenvalue weighted by molar-refractivity contribution is 6.01. The fourth-order valence-electron chi connectivity index (χ4n) is 3.11. The van der Waals surface area contributed by atoms with Gasteiger partial charge in [-0.1, -0.05) is 17.3 Å². The molecule has 0 aliphatic heterocycles. The molecule has 3 N–H and O–H groups in total. The number of aryl methyl sites for hydroxylation is 1. The molecule has 0 saturated carbocycles. The Hall–Kier alpha value is -4.81. The van der Waals surface area contributed by atoms with Gasteiger partial charge < -0.3 is 15.2 Å². The third-order valence-electron chi connectivity index (χ3n) is 4.96. The average Bonchev–Trinajstić information content (AvgIpc) is 3.46. The predicted octanol–water partition coefficient (Wildman–Crippen LogP) is 2.42. The van der Waals surface area contributed by atoms with Gasteiger partial charge in [0.2, 0.25) is 11.6 Å². The number of hydrogen-bond acceptors (Lipinski definition) is 10. The molecule has 0 aliphatic rings. The number of methoxy groups -OCH3 is 1. The number of anilines is 1. The fourth-order valence-corrected chi connectivity index (χ4v) is 3.11. The normalized spacial score (nSPS) is 11.4. The van der Waals surface area contributed by atoms with E-state index in [4.69, 9.17) is 15.2 Å². The zero-order valence-electron chi connectivity index (χ0n) is 19.0. The van der Waals surface area contributed by atoms with Crippen molar-refractivity contribution in [1.29, 1.82) is 0 Å². The maximum atomic E-state index is 13.1. The number of nitrogens with zero attached hydrogens (tertiary/aromatic N) is 6. The molecule has 2 aromatic carbocycles. The van der Waals surface area contributed by atoms with Crippen LogP contribution in [0.4, 0.5) is 10.2 Å². The molecule has 0 spiro atoms. The van der Waals surface area contributed by atoms with E-state index in [1.807, 2.05) is 0 Å². The van der Waals surface area contributed by atoms with Crippen LogP contribution in [0.2, 0.25) is 0 Å². The third kappa shape index (κ3) is 5.08. The minimum Gasteiger partial charge on any atom is -0.493 e. The number of halogens is 1. The Labute approximate surface area is 198 Å². The molecule has 4 rings (SSSR count). The number of ether oxygens (including phenoxy) is 2. The van der Waals surface area contributed by atoms with Crippen LogP contribution >= 0.6 is 0 Å². The molecule has 0 bridgehead atoms. The number of carbonyl (C=O) groups is 1. The van der Waals surface area contributed by atoms with E-state index in [1.165, 1.54) is 19.2 Å². The van der Waals surface area contributed by atoms with Crippen molar-refractivity contribution in [3.05, 3.63) is 70.8 Å². The second-order valence-electron chi connectivity index (χ2n) is 7.33. The molecule has 2 heterocycles. The Morgan fingerprint density at radius 3 is 2.66 bits per heavy atom. The van der Waals surface area contributed by atoms with E-state index >= 15 is 0 Å². The van der Waals surface area contributed by atoms with Crippen molar-refractivity contribution in [2.75, 3.05) is 12.8 Å². The molecule has 0 radical (unpaired) electrons. The van der Waals surface area contributed by atoms with Crippen LogP contribution in [-0.4, -0.2) is 44.0 Å². The zero-order chi connectivity index (χ0) is 24.9. The predicted molar refractivity (Wildman–Crippen MR) is 122 cm³/mol. The van der Waals surface area contributed by atoms with Crippen molar-refractivity contribution in [3.63, 3.8) is 0 Å². The number of aromatic nitrogens is 5. The quantitative estimate of drug-likeness (QED) is 0.286. The van der Waals surface area contributed by atoms with Crippen LogP contribution in [0, 0.1) is 12.7 Å². The van der Waals surface area contributed by atoms with E-state index in [0.717, 1.165) is 10.2 Å². The van der Waals surface area contributed by atoms with Gasteiger partial charge >= 0.3 is 0 Å². The second-order valence-corrected chi connectivity index (χ2v) is 7.33. The summed E-state index contributed by atoms with van der Waals surface area (Å²) in [6.45, 7) is 3.57. The van der Waals surface area contributed by atoms with Gasteiger partial charge in [0.05, 0.1) is 18.5 Å². The summed E-state index contributed by atoms with van der Waals surface area (Å²) in [5.41, 5.74) is 10.6. The van der Waals surface area contributed by atoms with Crippen LogP contribution in [0.25, 0.3) is 5.82 Å². The summed E-state index contributed by atoms with van der Waals surface area (Å²) in [7, 11) is 1.51. The maximum Gasteiger partial charge on any atom is 0.292 e. The standard InChI is InChI=1S/C22H21FN8O4/c1-12(25-27-22(32)19-13(2)26-30-31(19)21-20(24)28-35-29-21)15-6-9-17(18(10-15)33-3)34-11-14-4-7-16(23)8-5-14/h4-10H,11H2,1-3H3,(H2,24,28)(H,27,32). The van der Waals surface area contributed by atoms with Crippen LogP contribution in [0.1, 0.15) is 34.2 Å². The van der Waals surface area contributed by atoms with Gasteiger partial charge in [-0.05, 0) is 60.1 Å². The molecule has 1 amide bonds. The molecule has 2 aromatic heterocycles. The van der Waals surface area contributed by atoms with Gasteiger partial charge in [-0.15, -0.1) is 5.10 Å². The first kappa shape index (κ1) is 23.4. The largest absolute Gasteiger partial charge is 0.493 e. The summed E-state index contributed by atoms with van der Waals surface area (Å²) in [4.78, 5) is 12.8. The summed E-state index contributed by atoms with van der Waals surface area (Å²) in [5.74, 6) is 0.0717. The maximum absolute atomic E-state index is 13.1. The molecular formula is C22H21FN8O4. The minimum absolute atomic E-state index is 0.0393. The molecule has 0 fully saturated rings. The number of hydrazone groups is 1. The lowest BCUT2D eigenvalue weighted by molar-refractivity contribution is 0.0946. The molecule has 0 aliphatic carbocycles. The Balaban J connectivity index is 1.48. The number of carbonyl (C=O) groups excluding carboxylic acids is 1. The van der Waals surface area contributed by atoms with Gasteiger partial charge in [-0.25, -0.2) is 14.4 Å². The molecule has 0 atom stereocenters. The first-order valence-corrected chi connectivity index (χ1v) is 10.3. The molecule has 0 saturated heterocycles. The minimum atomic E-state index is -0.583. The summed E-state index contributed by atoms with van der Waals surface area (Å²) < 4.78 is 30.0. The lowest BCUT2D eigenvalue weighted by Gasteiger charge is -2.12. The molecule has 12 nitrogen and oxygen atoms in total. The van der Waals surface area contributed by atoms with Crippen molar-refractivity contribution >= 4 is 17.4 Å². The van der Waals surface area contributed by atoms with Crippen LogP contribution in [-0.2, 0) is 6.61 Å². The number of nitrogens with two attached hydrogens (primary N) is 1. The smallest absolute Gasteiger partial charge is 0.292 e. The number of rotatable bonds is 8. The summed E-state index contributed by atoms with van der Waals surface area (Å²) in [5, 5.41) is 19.0.